The van der Waals surface area contributed by atoms with Crippen LogP contribution in [0.2, 0.25) is 0 Å². The summed E-state index contributed by atoms with van der Waals surface area (Å²) in [6, 6.07) is 0. The zero-order chi connectivity index (χ0) is 15.0. The van der Waals surface area contributed by atoms with Crippen molar-refractivity contribution in [1.82, 2.24) is 9.88 Å². The zero-order valence-electron chi connectivity index (χ0n) is 13.7. The van der Waals surface area contributed by atoms with Gasteiger partial charge in [-0.15, -0.1) is 11.3 Å². The fourth-order valence-corrected chi connectivity index (χ4v) is 4.93. The van der Waals surface area contributed by atoms with Gasteiger partial charge in [-0.25, -0.2) is 4.98 Å². The standard InChI is InChI=1S/C17H29N3S/c1-12(2)10-20-9-6-14-15(11-20)21-16(19-14)17(18)7-4-13(3)5-8-17/h12-13H,4-11,18H2,1-3H3. The molecule has 1 aromatic rings. The Morgan fingerprint density at radius 2 is 2.10 bits per heavy atom. The van der Waals surface area contributed by atoms with Gasteiger partial charge < -0.3 is 5.73 Å². The molecule has 1 fully saturated rings. The van der Waals surface area contributed by atoms with Gasteiger partial charge in [0.15, 0.2) is 0 Å². The molecule has 2 aliphatic rings. The monoisotopic (exact) mass is 307 g/mol. The Kier molecular flexibility index (Phi) is 4.40. The summed E-state index contributed by atoms with van der Waals surface area (Å²) < 4.78 is 0. The average molecular weight is 308 g/mol. The van der Waals surface area contributed by atoms with Crippen LogP contribution in [0.3, 0.4) is 0 Å². The molecule has 3 nitrogen and oxygen atoms in total. The first kappa shape index (κ1) is 15.4. The van der Waals surface area contributed by atoms with E-state index in [4.69, 9.17) is 10.7 Å². The van der Waals surface area contributed by atoms with Crippen LogP contribution in [0.15, 0.2) is 0 Å². The quantitative estimate of drug-likeness (QED) is 0.929. The Bertz CT molecular complexity index is 486. The van der Waals surface area contributed by atoms with Crippen LogP contribution in [0.25, 0.3) is 0 Å². The molecule has 0 bridgehead atoms. The summed E-state index contributed by atoms with van der Waals surface area (Å²) in [6.45, 7) is 10.4. The predicted molar refractivity (Wildman–Crippen MR) is 89.4 cm³/mol. The van der Waals surface area contributed by atoms with Gasteiger partial charge in [0.1, 0.15) is 5.01 Å². The number of rotatable bonds is 3. The van der Waals surface area contributed by atoms with Gasteiger partial charge in [0.25, 0.3) is 0 Å². The molecule has 2 N–H and O–H groups in total. The summed E-state index contributed by atoms with van der Waals surface area (Å²) in [4.78, 5) is 8.99. The third kappa shape index (κ3) is 3.33. The maximum absolute atomic E-state index is 6.70. The first-order valence-electron chi connectivity index (χ1n) is 8.46. The van der Waals surface area contributed by atoms with Crippen molar-refractivity contribution in [3.8, 4) is 0 Å². The topological polar surface area (TPSA) is 42.2 Å². The van der Waals surface area contributed by atoms with Crippen molar-refractivity contribution in [1.29, 1.82) is 0 Å². The van der Waals surface area contributed by atoms with Crippen LogP contribution >= 0.6 is 11.3 Å². The first-order chi connectivity index (χ1) is 9.96. The Balaban J connectivity index is 1.74. The summed E-state index contributed by atoms with van der Waals surface area (Å²) in [5.74, 6) is 1.57. The summed E-state index contributed by atoms with van der Waals surface area (Å²) in [5.41, 5.74) is 7.89. The third-order valence-electron chi connectivity index (χ3n) is 5.03. The van der Waals surface area contributed by atoms with Crippen molar-refractivity contribution in [2.75, 3.05) is 13.1 Å². The second-order valence-electron chi connectivity index (χ2n) is 7.61. The fraction of sp³-hybridized carbons (Fsp3) is 0.824. The van der Waals surface area contributed by atoms with Gasteiger partial charge in [0, 0.05) is 30.9 Å². The van der Waals surface area contributed by atoms with Gasteiger partial charge in [0.05, 0.1) is 11.2 Å². The fourth-order valence-electron chi connectivity index (χ4n) is 3.62. The van der Waals surface area contributed by atoms with E-state index in [1.54, 1.807) is 0 Å². The molecule has 3 rings (SSSR count). The second-order valence-corrected chi connectivity index (χ2v) is 8.69. The van der Waals surface area contributed by atoms with Gasteiger partial charge in [-0.05, 0) is 37.5 Å². The van der Waals surface area contributed by atoms with E-state index >= 15 is 0 Å². The molecular formula is C17H29N3S. The number of fused-ring (bicyclic) bond motifs is 1. The number of thiazole rings is 1. The van der Waals surface area contributed by atoms with E-state index in [-0.39, 0.29) is 5.54 Å². The highest BCUT2D eigenvalue weighted by molar-refractivity contribution is 7.11. The maximum Gasteiger partial charge on any atom is 0.113 e. The number of nitrogens with two attached hydrogens (primary N) is 1. The highest BCUT2D eigenvalue weighted by atomic mass is 32.1. The van der Waals surface area contributed by atoms with E-state index in [2.05, 4.69) is 25.7 Å². The minimum Gasteiger partial charge on any atom is -0.319 e. The molecule has 0 spiro atoms. The van der Waals surface area contributed by atoms with Gasteiger partial charge in [-0.3, -0.25) is 4.90 Å². The highest BCUT2D eigenvalue weighted by Crippen LogP contribution is 2.40. The lowest BCUT2D eigenvalue weighted by Crippen LogP contribution is -2.40. The van der Waals surface area contributed by atoms with E-state index in [9.17, 15) is 0 Å². The minimum absolute atomic E-state index is 0.141. The number of hydrogen-bond acceptors (Lipinski definition) is 4. The smallest absolute Gasteiger partial charge is 0.113 e. The van der Waals surface area contributed by atoms with Gasteiger partial charge in [-0.2, -0.15) is 0 Å². The lowest BCUT2D eigenvalue weighted by molar-refractivity contribution is 0.227. The van der Waals surface area contributed by atoms with Crippen LogP contribution in [0.5, 0.6) is 0 Å². The van der Waals surface area contributed by atoms with Crippen molar-refractivity contribution < 1.29 is 0 Å². The average Bonchev–Trinajstić information content (AvgIpc) is 2.85. The molecule has 2 heterocycles. The Morgan fingerprint density at radius 3 is 2.76 bits per heavy atom. The summed E-state index contributed by atoms with van der Waals surface area (Å²) >= 11 is 1.89. The predicted octanol–water partition coefficient (Wildman–Crippen LogP) is 3.52. The van der Waals surface area contributed by atoms with Gasteiger partial charge in [0.2, 0.25) is 0 Å². The van der Waals surface area contributed by atoms with E-state index in [1.165, 1.54) is 35.0 Å². The minimum atomic E-state index is -0.141. The van der Waals surface area contributed by atoms with Gasteiger partial charge in [-0.1, -0.05) is 20.8 Å². The molecule has 1 aliphatic carbocycles. The molecule has 0 atom stereocenters. The highest BCUT2D eigenvalue weighted by Gasteiger charge is 2.36. The lowest BCUT2D eigenvalue weighted by Gasteiger charge is -2.34. The van der Waals surface area contributed by atoms with Gasteiger partial charge >= 0.3 is 0 Å². The summed E-state index contributed by atoms with van der Waals surface area (Å²) in [7, 11) is 0. The Labute approximate surface area is 132 Å². The van der Waals surface area contributed by atoms with E-state index in [0.29, 0.717) is 0 Å². The van der Waals surface area contributed by atoms with E-state index in [1.807, 2.05) is 11.3 Å². The van der Waals surface area contributed by atoms with Crippen molar-refractivity contribution in [3.63, 3.8) is 0 Å². The molecule has 21 heavy (non-hydrogen) atoms. The molecule has 1 aliphatic heterocycles. The molecule has 0 saturated heterocycles. The third-order valence-corrected chi connectivity index (χ3v) is 6.33. The van der Waals surface area contributed by atoms with Crippen LogP contribution in [0.1, 0.15) is 62.0 Å². The summed E-state index contributed by atoms with van der Waals surface area (Å²) in [5, 5.41) is 1.21. The normalized spacial score (nSPS) is 30.6. The molecule has 0 unspecified atom stereocenters. The van der Waals surface area contributed by atoms with Crippen LogP contribution in [-0.4, -0.2) is 23.0 Å². The summed E-state index contributed by atoms with van der Waals surface area (Å²) in [6.07, 6.45) is 5.82. The maximum atomic E-state index is 6.70. The Morgan fingerprint density at radius 1 is 1.38 bits per heavy atom. The molecule has 1 aromatic heterocycles. The molecule has 0 aromatic carbocycles. The number of hydrogen-bond donors (Lipinski definition) is 1. The number of nitrogens with zero attached hydrogens (tertiary/aromatic N) is 2. The molecule has 0 radical (unpaired) electrons. The van der Waals surface area contributed by atoms with Crippen LogP contribution in [0, 0.1) is 11.8 Å². The van der Waals surface area contributed by atoms with E-state index < -0.39 is 0 Å². The second kappa shape index (κ2) is 5.98. The Hall–Kier alpha value is -0.450. The number of aromatic nitrogens is 1. The van der Waals surface area contributed by atoms with Crippen LogP contribution < -0.4 is 5.73 Å². The SMILES string of the molecule is CC(C)CN1CCc2nc(C3(N)CCC(C)CC3)sc2C1. The zero-order valence-corrected chi connectivity index (χ0v) is 14.5. The molecule has 1 saturated carbocycles. The lowest BCUT2D eigenvalue weighted by atomic mass is 9.78. The molecule has 0 amide bonds. The molecule has 4 heteroatoms. The van der Waals surface area contributed by atoms with E-state index in [0.717, 1.165) is 44.2 Å². The van der Waals surface area contributed by atoms with Crippen LogP contribution in [0.4, 0.5) is 0 Å². The van der Waals surface area contributed by atoms with Crippen molar-refractivity contribution >= 4 is 11.3 Å². The van der Waals surface area contributed by atoms with Crippen molar-refractivity contribution in [2.45, 2.75) is 65.0 Å². The van der Waals surface area contributed by atoms with Crippen molar-refractivity contribution in [3.05, 3.63) is 15.6 Å². The van der Waals surface area contributed by atoms with Crippen LogP contribution in [-0.2, 0) is 18.5 Å². The van der Waals surface area contributed by atoms with Crippen molar-refractivity contribution in [2.24, 2.45) is 17.6 Å². The molecular weight excluding hydrogens is 278 g/mol. The first-order valence-corrected chi connectivity index (χ1v) is 9.28. The largest absolute Gasteiger partial charge is 0.319 e. The molecule has 118 valence electrons.